The fourth-order valence-corrected chi connectivity index (χ4v) is 2.88. The summed E-state index contributed by atoms with van der Waals surface area (Å²) in [6, 6.07) is 14.6. The van der Waals surface area contributed by atoms with E-state index in [9.17, 15) is 8.42 Å². The summed E-state index contributed by atoms with van der Waals surface area (Å²) in [7, 11) is -0.474. The molecule has 0 bridgehead atoms. The first kappa shape index (κ1) is 17.0. The molecular weight excluding hydrogens is 314 g/mol. The molecule has 0 aliphatic heterocycles. The van der Waals surface area contributed by atoms with Crippen LogP contribution in [0.25, 0.3) is 0 Å². The predicted octanol–water partition coefficient (Wildman–Crippen LogP) is 2.70. The van der Waals surface area contributed by atoms with Crippen molar-refractivity contribution in [3.63, 3.8) is 0 Å². The van der Waals surface area contributed by atoms with Crippen LogP contribution < -0.4 is 9.47 Å². The Balaban J connectivity index is 2.09. The second kappa shape index (κ2) is 7.78. The van der Waals surface area contributed by atoms with Crippen molar-refractivity contribution in [1.82, 2.24) is 0 Å². The predicted molar refractivity (Wildman–Crippen MR) is 91.1 cm³/mol. The van der Waals surface area contributed by atoms with E-state index in [0.29, 0.717) is 23.5 Å². The van der Waals surface area contributed by atoms with E-state index >= 15 is 0 Å². The molecular formula is C17H19NO4S. The van der Waals surface area contributed by atoms with Crippen LogP contribution >= 0.6 is 0 Å². The fraction of sp³-hybridized carbons (Fsp3) is 0.235. The molecule has 0 spiro atoms. The van der Waals surface area contributed by atoms with Crippen LogP contribution in [0.4, 0.5) is 0 Å². The van der Waals surface area contributed by atoms with Gasteiger partial charge >= 0.3 is 0 Å². The Morgan fingerprint density at radius 3 is 2.43 bits per heavy atom. The van der Waals surface area contributed by atoms with Gasteiger partial charge in [0.1, 0.15) is 11.5 Å². The van der Waals surface area contributed by atoms with Crippen LogP contribution in [0.15, 0.2) is 52.9 Å². The average Bonchev–Trinajstić information content (AvgIpc) is 2.59. The molecule has 5 nitrogen and oxygen atoms in total. The van der Waals surface area contributed by atoms with E-state index in [0.717, 1.165) is 5.56 Å². The number of methoxy groups -OCH3 is 2. The Labute approximate surface area is 136 Å². The summed E-state index contributed by atoms with van der Waals surface area (Å²) in [6.07, 6.45) is 1.73. The number of sulfonamides is 1. The second-order valence-electron chi connectivity index (χ2n) is 4.86. The highest BCUT2D eigenvalue weighted by molar-refractivity contribution is 7.90. The standard InChI is InChI=1S/C17H19NO4S/c1-21-16-9-8-15(17(12-16)22-2)13-18-23(19,20)11-10-14-6-4-3-5-7-14/h3-9,12-13H,10-11H2,1-2H3. The Hall–Kier alpha value is -2.34. The summed E-state index contributed by atoms with van der Waals surface area (Å²) in [5, 5.41) is 0. The molecule has 2 aromatic carbocycles. The third-order valence-corrected chi connectivity index (χ3v) is 4.43. The average molecular weight is 333 g/mol. The van der Waals surface area contributed by atoms with E-state index in [-0.39, 0.29) is 5.75 Å². The first-order valence-electron chi connectivity index (χ1n) is 7.08. The van der Waals surface area contributed by atoms with Crippen molar-refractivity contribution in [2.75, 3.05) is 20.0 Å². The molecule has 0 heterocycles. The number of hydrogen-bond acceptors (Lipinski definition) is 4. The maximum Gasteiger partial charge on any atom is 0.253 e. The van der Waals surface area contributed by atoms with E-state index in [1.54, 1.807) is 25.3 Å². The molecule has 0 aromatic heterocycles. The van der Waals surface area contributed by atoms with Gasteiger partial charge in [-0.3, -0.25) is 0 Å². The third kappa shape index (κ3) is 5.10. The van der Waals surface area contributed by atoms with Crippen molar-refractivity contribution in [1.29, 1.82) is 0 Å². The lowest BCUT2D eigenvalue weighted by molar-refractivity contribution is 0.394. The van der Waals surface area contributed by atoms with Gasteiger partial charge in [-0.25, -0.2) is 8.42 Å². The summed E-state index contributed by atoms with van der Waals surface area (Å²) in [4.78, 5) is 0. The van der Waals surface area contributed by atoms with E-state index in [4.69, 9.17) is 9.47 Å². The Morgan fingerprint density at radius 1 is 1.04 bits per heavy atom. The van der Waals surface area contributed by atoms with Gasteiger partial charge in [-0.1, -0.05) is 30.3 Å². The molecule has 0 atom stereocenters. The van der Waals surface area contributed by atoms with Crippen LogP contribution in [0.2, 0.25) is 0 Å². The molecule has 2 aromatic rings. The normalized spacial score (nSPS) is 11.6. The molecule has 122 valence electrons. The zero-order valence-corrected chi connectivity index (χ0v) is 13.9. The smallest absolute Gasteiger partial charge is 0.253 e. The van der Waals surface area contributed by atoms with Crippen molar-refractivity contribution in [2.24, 2.45) is 4.40 Å². The van der Waals surface area contributed by atoms with Crippen LogP contribution in [0.5, 0.6) is 11.5 Å². The van der Waals surface area contributed by atoms with Gasteiger partial charge in [0, 0.05) is 11.6 Å². The van der Waals surface area contributed by atoms with Gasteiger partial charge in [-0.2, -0.15) is 4.40 Å². The number of benzene rings is 2. The highest BCUT2D eigenvalue weighted by Crippen LogP contribution is 2.23. The maximum atomic E-state index is 12.0. The van der Waals surface area contributed by atoms with Crippen molar-refractivity contribution >= 4 is 16.2 Å². The van der Waals surface area contributed by atoms with Crippen molar-refractivity contribution in [3.05, 3.63) is 59.7 Å². The number of rotatable bonds is 7. The van der Waals surface area contributed by atoms with Gasteiger partial charge in [-0.15, -0.1) is 0 Å². The monoisotopic (exact) mass is 333 g/mol. The molecule has 0 saturated carbocycles. The molecule has 23 heavy (non-hydrogen) atoms. The van der Waals surface area contributed by atoms with Gasteiger partial charge in [0.15, 0.2) is 0 Å². The fourth-order valence-electron chi connectivity index (χ4n) is 2.01. The topological polar surface area (TPSA) is 65.0 Å². The Kier molecular flexibility index (Phi) is 5.76. The SMILES string of the molecule is COc1ccc(C=NS(=O)(=O)CCc2ccccc2)c(OC)c1. The summed E-state index contributed by atoms with van der Waals surface area (Å²) in [5.41, 5.74) is 1.55. The van der Waals surface area contributed by atoms with Crippen LogP contribution in [-0.2, 0) is 16.4 Å². The first-order valence-corrected chi connectivity index (χ1v) is 8.69. The minimum Gasteiger partial charge on any atom is -0.497 e. The molecule has 0 radical (unpaired) electrons. The van der Waals surface area contributed by atoms with Crippen molar-refractivity contribution in [3.8, 4) is 11.5 Å². The minimum absolute atomic E-state index is 0.0357. The van der Waals surface area contributed by atoms with E-state index in [1.165, 1.54) is 13.3 Å². The molecule has 0 fully saturated rings. The zero-order valence-electron chi connectivity index (χ0n) is 13.1. The highest BCUT2D eigenvalue weighted by atomic mass is 32.2. The van der Waals surface area contributed by atoms with Gasteiger partial charge in [0.25, 0.3) is 10.0 Å². The van der Waals surface area contributed by atoms with E-state index in [2.05, 4.69) is 4.40 Å². The maximum absolute atomic E-state index is 12.0. The molecule has 0 aliphatic carbocycles. The molecule has 0 unspecified atom stereocenters. The number of nitrogens with zero attached hydrogens (tertiary/aromatic N) is 1. The Bertz CT molecular complexity index is 770. The lowest BCUT2D eigenvalue weighted by atomic mass is 10.2. The summed E-state index contributed by atoms with van der Waals surface area (Å²) in [5.74, 6) is 1.10. The molecule has 0 saturated heterocycles. The lowest BCUT2D eigenvalue weighted by Crippen LogP contribution is -2.06. The first-order chi connectivity index (χ1) is 11.0. The second-order valence-corrected chi connectivity index (χ2v) is 6.65. The molecule has 6 heteroatoms. The van der Waals surface area contributed by atoms with Gasteiger partial charge in [0.05, 0.1) is 26.2 Å². The largest absolute Gasteiger partial charge is 0.497 e. The van der Waals surface area contributed by atoms with E-state index < -0.39 is 10.0 Å². The molecule has 0 amide bonds. The van der Waals surface area contributed by atoms with Crippen molar-refractivity contribution in [2.45, 2.75) is 6.42 Å². The van der Waals surface area contributed by atoms with Crippen LogP contribution in [0.3, 0.4) is 0 Å². The van der Waals surface area contributed by atoms with E-state index in [1.807, 2.05) is 30.3 Å². The zero-order chi connectivity index (χ0) is 16.7. The van der Waals surface area contributed by atoms with Gasteiger partial charge in [-0.05, 0) is 24.1 Å². The molecule has 0 aliphatic rings. The summed E-state index contributed by atoms with van der Waals surface area (Å²) in [6.45, 7) is 0. The summed E-state index contributed by atoms with van der Waals surface area (Å²) >= 11 is 0. The van der Waals surface area contributed by atoms with Crippen molar-refractivity contribution < 1.29 is 17.9 Å². The quantitative estimate of drug-likeness (QED) is 0.731. The van der Waals surface area contributed by atoms with Crippen LogP contribution in [0.1, 0.15) is 11.1 Å². The molecule has 0 N–H and O–H groups in total. The van der Waals surface area contributed by atoms with Gasteiger partial charge < -0.3 is 9.47 Å². The minimum atomic E-state index is -3.54. The number of hydrogen-bond donors (Lipinski definition) is 0. The number of aryl methyl sites for hydroxylation is 1. The van der Waals surface area contributed by atoms with Crippen LogP contribution in [0, 0.1) is 0 Å². The lowest BCUT2D eigenvalue weighted by Gasteiger charge is -2.07. The highest BCUT2D eigenvalue weighted by Gasteiger charge is 2.09. The van der Waals surface area contributed by atoms with Gasteiger partial charge in [0.2, 0.25) is 0 Å². The number of ether oxygens (including phenoxy) is 2. The Morgan fingerprint density at radius 2 is 1.78 bits per heavy atom. The third-order valence-electron chi connectivity index (χ3n) is 3.28. The van der Waals surface area contributed by atoms with Crippen LogP contribution in [-0.4, -0.2) is 34.6 Å². The molecule has 2 rings (SSSR count). The summed E-state index contributed by atoms with van der Waals surface area (Å²) < 4.78 is 38.1.